The maximum absolute atomic E-state index is 13.0. The second-order valence-electron chi connectivity index (χ2n) is 8.13. The van der Waals surface area contributed by atoms with Crippen LogP contribution in [0.3, 0.4) is 0 Å². The van der Waals surface area contributed by atoms with Crippen LogP contribution in [0.4, 0.5) is 0 Å². The molecule has 1 saturated heterocycles. The number of nitrogens with one attached hydrogen (secondary N) is 1. The number of fused-ring (bicyclic) bond motifs is 1. The normalized spacial score (nSPS) is 20.5. The molecule has 0 atom stereocenters. The van der Waals surface area contributed by atoms with Crippen LogP contribution in [0.2, 0.25) is 0 Å². The van der Waals surface area contributed by atoms with Crippen molar-refractivity contribution in [3.63, 3.8) is 0 Å². The third-order valence-corrected chi connectivity index (χ3v) is 8.00. The zero-order valence-corrected chi connectivity index (χ0v) is 18.1. The molecule has 2 aliphatic heterocycles. The third kappa shape index (κ3) is 4.81. The molecule has 0 aromatic heterocycles. The van der Waals surface area contributed by atoms with Gasteiger partial charge in [-0.3, -0.25) is 4.79 Å². The fraction of sp³-hybridized carbons (Fsp3) is 0.591. The Balaban J connectivity index is 1.29. The summed E-state index contributed by atoms with van der Waals surface area (Å²) in [5, 5.41) is 3.04. The number of hydrogen-bond acceptors (Lipinski definition) is 5. The van der Waals surface area contributed by atoms with Crippen LogP contribution >= 0.6 is 0 Å². The molecule has 0 radical (unpaired) electrons. The van der Waals surface area contributed by atoms with E-state index in [1.54, 1.807) is 12.1 Å². The number of allylic oxidation sites excluding steroid dienone is 1. The molecule has 0 bridgehead atoms. The van der Waals surface area contributed by atoms with Crippen molar-refractivity contribution >= 4 is 15.9 Å². The van der Waals surface area contributed by atoms with Gasteiger partial charge in [0.15, 0.2) is 11.5 Å². The summed E-state index contributed by atoms with van der Waals surface area (Å²) in [6.07, 6.45) is 9.11. The molecular formula is C22H30N2O5S. The van der Waals surface area contributed by atoms with Gasteiger partial charge in [-0.2, -0.15) is 4.31 Å². The summed E-state index contributed by atoms with van der Waals surface area (Å²) < 4.78 is 38.5. The van der Waals surface area contributed by atoms with E-state index in [2.05, 4.69) is 11.4 Å². The van der Waals surface area contributed by atoms with Gasteiger partial charge in [-0.05, 0) is 57.1 Å². The monoisotopic (exact) mass is 434 g/mol. The standard InChI is InChI=1S/C22H30N2O5S/c25-22(23-11-8-17-4-2-1-3-5-17)18-9-12-24(13-10-18)30(26,27)19-6-7-20-21(16-19)29-15-14-28-20/h4,6-7,16,18H,1-3,5,8-15H2,(H,23,25). The van der Waals surface area contributed by atoms with Gasteiger partial charge in [-0.25, -0.2) is 8.42 Å². The molecular weight excluding hydrogens is 404 g/mol. The molecule has 1 aliphatic carbocycles. The van der Waals surface area contributed by atoms with Gasteiger partial charge >= 0.3 is 0 Å². The molecule has 1 aromatic carbocycles. The topological polar surface area (TPSA) is 84.9 Å². The highest BCUT2D eigenvalue weighted by atomic mass is 32.2. The van der Waals surface area contributed by atoms with Gasteiger partial charge in [0.25, 0.3) is 0 Å². The number of sulfonamides is 1. The lowest BCUT2D eigenvalue weighted by Crippen LogP contribution is -2.43. The average molecular weight is 435 g/mol. The Morgan fingerprint density at radius 1 is 1.10 bits per heavy atom. The van der Waals surface area contributed by atoms with Crippen LogP contribution in [0.1, 0.15) is 44.9 Å². The SMILES string of the molecule is O=C(NCCC1=CCCCC1)C1CCN(S(=O)(=O)c2ccc3c(c2)OCCO3)CC1. The van der Waals surface area contributed by atoms with E-state index in [1.165, 1.54) is 28.8 Å². The molecule has 0 saturated carbocycles. The Hall–Kier alpha value is -2.06. The van der Waals surface area contributed by atoms with E-state index < -0.39 is 10.0 Å². The molecule has 3 aliphatic rings. The number of nitrogens with zero attached hydrogens (tertiary/aromatic N) is 1. The summed E-state index contributed by atoms with van der Waals surface area (Å²) in [6.45, 7) is 2.24. The summed E-state index contributed by atoms with van der Waals surface area (Å²) in [5.74, 6) is 0.948. The fourth-order valence-corrected chi connectivity index (χ4v) is 5.80. The predicted octanol–water partition coefficient (Wildman–Crippen LogP) is 2.87. The molecule has 1 aromatic rings. The Labute approximate surface area is 178 Å². The first-order valence-electron chi connectivity index (χ1n) is 10.9. The van der Waals surface area contributed by atoms with Crippen molar-refractivity contribution in [3.8, 4) is 11.5 Å². The van der Waals surface area contributed by atoms with Crippen LogP contribution in [0.5, 0.6) is 11.5 Å². The van der Waals surface area contributed by atoms with E-state index in [0.717, 1.165) is 19.3 Å². The van der Waals surface area contributed by atoms with Crippen molar-refractivity contribution in [2.24, 2.45) is 5.92 Å². The summed E-state index contributed by atoms with van der Waals surface area (Å²) in [4.78, 5) is 12.7. The van der Waals surface area contributed by atoms with Crippen molar-refractivity contribution in [1.82, 2.24) is 9.62 Å². The summed E-state index contributed by atoms with van der Waals surface area (Å²) in [6, 6.07) is 4.73. The number of carbonyl (C=O) groups excluding carboxylic acids is 1. The van der Waals surface area contributed by atoms with Crippen molar-refractivity contribution in [1.29, 1.82) is 0 Å². The molecule has 0 unspecified atom stereocenters. The Morgan fingerprint density at radius 2 is 1.87 bits per heavy atom. The number of rotatable bonds is 6. The lowest BCUT2D eigenvalue weighted by Gasteiger charge is -2.31. The van der Waals surface area contributed by atoms with Crippen molar-refractivity contribution < 1.29 is 22.7 Å². The fourth-order valence-electron chi connectivity index (χ4n) is 4.31. The maximum atomic E-state index is 13.0. The highest BCUT2D eigenvalue weighted by Crippen LogP contribution is 2.34. The van der Waals surface area contributed by atoms with Gasteiger partial charge in [-0.15, -0.1) is 0 Å². The highest BCUT2D eigenvalue weighted by Gasteiger charge is 2.32. The molecule has 8 heteroatoms. The third-order valence-electron chi connectivity index (χ3n) is 6.11. The maximum Gasteiger partial charge on any atom is 0.243 e. The van der Waals surface area contributed by atoms with Crippen molar-refractivity contribution in [2.45, 2.75) is 49.8 Å². The molecule has 0 spiro atoms. The molecule has 164 valence electrons. The molecule has 1 amide bonds. The van der Waals surface area contributed by atoms with E-state index in [-0.39, 0.29) is 16.7 Å². The first kappa shape index (κ1) is 21.2. The summed E-state index contributed by atoms with van der Waals surface area (Å²) in [7, 11) is -3.62. The quantitative estimate of drug-likeness (QED) is 0.696. The van der Waals surface area contributed by atoms with Crippen LogP contribution in [-0.4, -0.2) is 51.5 Å². The largest absolute Gasteiger partial charge is 0.486 e. The van der Waals surface area contributed by atoms with Gasteiger partial charge in [-0.1, -0.05) is 11.6 Å². The first-order valence-corrected chi connectivity index (χ1v) is 12.3. The van der Waals surface area contributed by atoms with Gasteiger partial charge < -0.3 is 14.8 Å². The lowest BCUT2D eigenvalue weighted by atomic mass is 9.96. The van der Waals surface area contributed by atoms with E-state index in [4.69, 9.17) is 9.47 Å². The number of piperidine rings is 1. The van der Waals surface area contributed by atoms with E-state index in [0.29, 0.717) is 57.2 Å². The molecule has 30 heavy (non-hydrogen) atoms. The molecule has 1 N–H and O–H groups in total. The van der Waals surface area contributed by atoms with Crippen LogP contribution < -0.4 is 14.8 Å². The molecule has 1 fully saturated rings. The van der Waals surface area contributed by atoms with E-state index in [1.807, 2.05) is 0 Å². The number of amides is 1. The lowest BCUT2D eigenvalue weighted by molar-refractivity contribution is -0.126. The second kappa shape index (κ2) is 9.39. The van der Waals surface area contributed by atoms with Gasteiger partial charge in [0, 0.05) is 31.6 Å². The van der Waals surface area contributed by atoms with Crippen LogP contribution in [0.25, 0.3) is 0 Å². The summed E-state index contributed by atoms with van der Waals surface area (Å²) in [5.41, 5.74) is 1.45. The van der Waals surface area contributed by atoms with Crippen LogP contribution in [-0.2, 0) is 14.8 Å². The van der Waals surface area contributed by atoms with Gasteiger partial charge in [0.1, 0.15) is 13.2 Å². The second-order valence-corrected chi connectivity index (χ2v) is 10.1. The van der Waals surface area contributed by atoms with E-state index >= 15 is 0 Å². The Kier molecular flexibility index (Phi) is 6.63. The first-order chi connectivity index (χ1) is 14.5. The minimum Gasteiger partial charge on any atom is -0.486 e. The smallest absolute Gasteiger partial charge is 0.243 e. The van der Waals surface area contributed by atoms with Crippen molar-refractivity contribution in [3.05, 3.63) is 29.8 Å². The van der Waals surface area contributed by atoms with E-state index in [9.17, 15) is 13.2 Å². The zero-order valence-electron chi connectivity index (χ0n) is 17.3. The van der Waals surface area contributed by atoms with Crippen LogP contribution in [0, 0.1) is 5.92 Å². The number of carbonyl (C=O) groups is 1. The Bertz CT molecular complexity index is 904. The number of hydrogen-bond donors (Lipinski definition) is 1. The van der Waals surface area contributed by atoms with Crippen LogP contribution in [0.15, 0.2) is 34.7 Å². The Morgan fingerprint density at radius 3 is 2.60 bits per heavy atom. The molecule has 2 heterocycles. The molecule has 4 rings (SSSR count). The van der Waals surface area contributed by atoms with Gasteiger partial charge in [0.05, 0.1) is 4.90 Å². The highest BCUT2D eigenvalue weighted by molar-refractivity contribution is 7.89. The average Bonchev–Trinajstić information content (AvgIpc) is 2.79. The number of benzene rings is 1. The predicted molar refractivity (Wildman–Crippen MR) is 113 cm³/mol. The number of ether oxygens (including phenoxy) is 2. The summed E-state index contributed by atoms with van der Waals surface area (Å²) >= 11 is 0. The minimum absolute atomic E-state index is 0.0442. The van der Waals surface area contributed by atoms with Crippen molar-refractivity contribution in [2.75, 3.05) is 32.8 Å². The zero-order chi connectivity index (χ0) is 21.0. The minimum atomic E-state index is -3.62. The molecule has 7 nitrogen and oxygen atoms in total. The van der Waals surface area contributed by atoms with Gasteiger partial charge in [0.2, 0.25) is 15.9 Å².